The number of thiazole rings is 1. The van der Waals surface area contributed by atoms with E-state index in [2.05, 4.69) is 10.3 Å². The van der Waals surface area contributed by atoms with E-state index in [1.54, 1.807) is 6.92 Å². The first kappa shape index (κ1) is 13.8. The number of aryl methyl sites for hydroxylation is 1. The average molecular weight is 285 g/mol. The molecule has 7 nitrogen and oxygen atoms in total. The van der Waals surface area contributed by atoms with Gasteiger partial charge >= 0.3 is 12.0 Å². The number of nitrogens with one attached hydrogen (secondary N) is 1. The summed E-state index contributed by atoms with van der Waals surface area (Å²) in [5, 5.41) is 21.5. The van der Waals surface area contributed by atoms with Crippen molar-refractivity contribution in [2.24, 2.45) is 0 Å². The molecule has 0 bridgehead atoms. The fourth-order valence-electron chi connectivity index (χ4n) is 1.92. The van der Waals surface area contributed by atoms with Gasteiger partial charge in [-0.25, -0.2) is 14.6 Å². The second kappa shape index (κ2) is 5.54. The summed E-state index contributed by atoms with van der Waals surface area (Å²) < 4.78 is 0. The van der Waals surface area contributed by atoms with Gasteiger partial charge in [-0.15, -0.1) is 11.3 Å². The van der Waals surface area contributed by atoms with E-state index >= 15 is 0 Å². The normalized spacial score (nSPS) is 18.6. The van der Waals surface area contributed by atoms with Gasteiger partial charge in [0.25, 0.3) is 0 Å². The van der Waals surface area contributed by atoms with Gasteiger partial charge in [0.2, 0.25) is 0 Å². The molecule has 0 aromatic carbocycles. The quantitative estimate of drug-likeness (QED) is 0.747. The zero-order chi connectivity index (χ0) is 14.0. The minimum atomic E-state index is -1.00. The summed E-state index contributed by atoms with van der Waals surface area (Å²) in [5.74, 6) is -1.00. The Bertz CT molecular complexity index is 502. The minimum absolute atomic E-state index is 0.195. The molecule has 8 heteroatoms. The number of carbonyl (C=O) groups excluding carboxylic acids is 1. The van der Waals surface area contributed by atoms with E-state index in [1.165, 1.54) is 4.90 Å². The van der Waals surface area contributed by atoms with Crippen molar-refractivity contribution in [3.05, 3.63) is 15.6 Å². The molecule has 1 aromatic rings. The van der Waals surface area contributed by atoms with Crippen LogP contribution in [-0.2, 0) is 6.54 Å². The lowest BCUT2D eigenvalue weighted by Crippen LogP contribution is -2.38. The van der Waals surface area contributed by atoms with Gasteiger partial charge in [0.05, 0.1) is 18.3 Å². The fourth-order valence-corrected chi connectivity index (χ4v) is 2.76. The van der Waals surface area contributed by atoms with Gasteiger partial charge in [-0.1, -0.05) is 0 Å². The maximum Gasteiger partial charge on any atom is 0.347 e. The SMILES string of the molecule is Cc1nc(CNC(=O)N2CCC(O)C2)sc1C(=O)O. The summed E-state index contributed by atoms with van der Waals surface area (Å²) in [6.07, 6.45) is 0.138. The number of amides is 2. The van der Waals surface area contributed by atoms with Gasteiger partial charge in [-0.3, -0.25) is 0 Å². The Morgan fingerprint density at radius 2 is 2.32 bits per heavy atom. The van der Waals surface area contributed by atoms with Crippen molar-refractivity contribution in [2.75, 3.05) is 13.1 Å². The summed E-state index contributed by atoms with van der Waals surface area (Å²) in [4.78, 5) is 28.4. The van der Waals surface area contributed by atoms with E-state index in [4.69, 9.17) is 5.11 Å². The van der Waals surface area contributed by atoms with Crippen molar-refractivity contribution >= 4 is 23.3 Å². The monoisotopic (exact) mass is 285 g/mol. The molecular weight excluding hydrogens is 270 g/mol. The molecule has 2 rings (SSSR count). The van der Waals surface area contributed by atoms with E-state index in [-0.39, 0.29) is 17.5 Å². The lowest BCUT2D eigenvalue weighted by molar-refractivity contribution is 0.0701. The summed E-state index contributed by atoms with van der Waals surface area (Å²) in [5.41, 5.74) is 0.457. The number of aromatic carboxylic acids is 1. The third kappa shape index (κ3) is 3.21. The second-order valence-electron chi connectivity index (χ2n) is 4.37. The van der Waals surface area contributed by atoms with Crippen LogP contribution in [0.1, 0.15) is 26.8 Å². The molecule has 1 aliphatic rings. The Hall–Kier alpha value is -1.67. The van der Waals surface area contributed by atoms with Crippen molar-refractivity contribution in [3.8, 4) is 0 Å². The molecule has 1 unspecified atom stereocenters. The van der Waals surface area contributed by atoms with Gasteiger partial charge in [-0.05, 0) is 13.3 Å². The zero-order valence-electron chi connectivity index (χ0n) is 10.4. The summed E-state index contributed by atoms with van der Waals surface area (Å²) in [7, 11) is 0. The number of aromatic nitrogens is 1. The van der Waals surface area contributed by atoms with Crippen LogP contribution in [0.2, 0.25) is 0 Å². The van der Waals surface area contributed by atoms with Crippen LogP contribution in [0, 0.1) is 6.92 Å². The highest BCUT2D eigenvalue weighted by atomic mass is 32.1. The molecule has 2 amide bonds. The minimum Gasteiger partial charge on any atom is -0.477 e. The van der Waals surface area contributed by atoms with Crippen LogP contribution < -0.4 is 5.32 Å². The van der Waals surface area contributed by atoms with Crippen molar-refractivity contribution in [1.29, 1.82) is 0 Å². The molecule has 1 aliphatic heterocycles. The number of likely N-dealkylation sites (tertiary alicyclic amines) is 1. The maximum absolute atomic E-state index is 11.8. The molecule has 0 saturated carbocycles. The van der Waals surface area contributed by atoms with Crippen LogP contribution in [0.25, 0.3) is 0 Å². The van der Waals surface area contributed by atoms with Gasteiger partial charge in [-0.2, -0.15) is 0 Å². The highest BCUT2D eigenvalue weighted by Gasteiger charge is 2.24. The zero-order valence-corrected chi connectivity index (χ0v) is 11.2. The topological polar surface area (TPSA) is 103 Å². The van der Waals surface area contributed by atoms with Gasteiger partial charge in [0.1, 0.15) is 9.88 Å². The molecule has 2 heterocycles. The van der Waals surface area contributed by atoms with E-state index < -0.39 is 12.1 Å². The molecular formula is C11H15N3O4S. The number of rotatable bonds is 3. The third-order valence-electron chi connectivity index (χ3n) is 2.88. The first-order chi connectivity index (χ1) is 8.97. The van der Waals surface area contributed by atoms with E-state index in [0.717, 1.165) is 11.3 Å². The van der Waals surface area contributed by atoms with Crippen molar-refractivity contribution in [3.63, 3.8) is 0 Å². The number of carboxylic acid groups (broad SMARTS) is 1. The molecule has 1 saturated heterocycles. The average Bonchev–Trinajstić information content (AvgIpc) is 2.92. The molecule has 3 N–H and O–H groups in total. The van der Waals surface area contributed by atoms with Crippen LogP contribution in [0.15, 0.2) is 0 Å². The number of nitrogens with zero attached hydrogens (tertiary/aromatic N) is 2. The highest BCUT2D eigenvalue weighted by molar-refractivity contribution is 7.13. The van der Waals surface area contributed by atoms with Crippen LogP contribution in [0.4, 0.5) is 4.79 Å². The molecule has 104 valence electrons. The number of carboxylic acids is 1. The summed E-state index contributed by atoms with van der Waals surface area (Å²) in [6, 6.07) is -0.263. The van der Waals surface area contributed by atoms with Crippen LogP contribution >= 0.6 is 11.3 Å². The number of urea groups is 1. The number of aliphatic hydroxyl groups is 1. The number of hydrogen-bond donors (Lipinski definition) is 3. The van der Waals surface area contributed by atoms with Crippen molar-refractivity contribution < 1.29 is 19.8 Å². The molecule has 0 aliphatic carbocycles. The largest absolute Gasteiger partial charge is 0.477 e. The highest BCUT2D eigenvalue weighted by Crippen LogP contribution is 2.18. The summed E-state index contributed by atoms with van der Waals surface area (Å²) >= 11 is 1.06. The number of carbonyl (C=O) groups is 2. The molecule has 19 heavy (non-hydrogen) atoms. The van der Waals surface area contributed by atoms with Gasteiger partial charge in [0.15, 0.2) is 0 Å². The predicted molar refractivity (Wildman–Crippen MR) is 68.2 cm³/mol. The molecule has 1 atom stereocenters. The fraction of sp³-hybridized carbons (Fsp3) is 0.545. The van der Waals surface area contributed by atoms with Gasteiger partial charge < -0.3 is 20.4 Å². The van der Waals surface area contributed by atoms with Crippen molar-refractivity contribution in [2.45, 2.75) is 26.0 Å². The maximum atomic E-state index is 11.8. The number of β-amino-alcohol motifs (C(OH)–C–C–N with tert-alkyl or cyclic N) is 1. The summed E-state index contributed by atoms with van der Waals surface area (Å²) in [6.45, 7) is 2.69. The first-order valence-electron chi connectivity index (χ1n) is 5.88. The Kier molecular flexibility index (Phi) is 4.01. The molecule has 0 spiro atoms. The Morgan fingerprint density at radius 3 is 2.84 bits per heavy atom. The van der Waals surface area contributed by atoms with Crippen molar-refractivity contribution in [1.82, 2.24) is 15.2 Å². The lowest BCUT2D eigenvalue weighted by Gasteiger charge is -2.15. The predicted octanol–water partition coefficient (Wildman–Crippen LogP) is 0.426. The Balaban J connectivity index is 1.90. The Morgan fingerprint density at radius 1 is 1.58 bits per heavy atom. The van der Waals surface area contributed by atoms with Crippen LogP contribution in [0.3, 0.4) is 0 Å². The molecule has 1 aromatic heterocycles. The standard InChI is InChI=1S/C11H15N3O4S/c1-6-9(10(16)17)19-8(13-6)4-12-11(18)14-3-2-7(15)5-14/h7,15H,2-5H2,1H3,(H,12,18)(H,16,17). The Labute approximate surface area is 113 Å². The molecule has 1 fully saturated rings. The van der Waals surface area contributed by atoms with E-state index in [1.807, 2.05) is 0 Å². The smallest absolute Gasteiger partial charge is 0.347 e. The number of hydrogen-bond acceptors (Lipinski definition) is 5. The van der Waals surface area contributed by atoms with Crippen LogP contribution in [0.5, 0.6) is 0 Å². The van der Waals surface area contributed by atoms with Gasteiger partial charge in [0, 0.05) is 13.1 Å². The third-order valence-corrected chi connectivity index (χ3v) is 4.02. The van der Waals surface area contributed by atoms with E-state index in [0.29, 0.717) is 30.2 Å². The lowest BCUT2D eigenvalue weighted by atomic mass is 10.3. The van der Waals surface area contributed by atoms with Crippen LogP contribution in [-0.4, -0.2) is 51.3 Å². The number of aliphatic hydroxyl groups excluding tert-OH is 1. The van der Waals surface area contributed by atoms with E-state index in [9.17, 15) is 14.7 Å². The second-order valence-corrected chi connectivity index (χ2v) is 5.46. The molecule has 0 radical (unpaired) electrons. The first-order valence-corrected chi connectivity index (χ1v) is 6.69.